The van der Waals surface area contributed by atoms with E-state index in [1.807, 2.05) is 0 Å². The molecule has 0 amide bonds. The van der Waals surface area contributed by atoms with Crippen LogP contribution >= 0.6 is 0 Å². The number of hydrogen-bond donors (Lipinski definition) is 0. The second kappa shape index (κ2) is 3.20. The lowest BCUT2D eigenvalue weighted by Gasteiger charge is -2.08. The summed E-state index contributed by atoms with van der Waals surface area (Å²) in [5.74, 6) is -0.826. The van der Waals surface area contributed by atoms with E-state index in [1.54, 1.807) is 0 Å². The van der Waals surface area contributed by atoms with Crippen LogP contribution in [0.3, 0.4) is 0 Å². The smallest absolute Gasteiger partial charge is 0.310 e. The van der Waals surface area contributed by atoms with E-state index in [-0.39, 0.29) is 25.6 Å². The average molecular weight is 143 g/mol. The van der Waals surface area contributed by atoms with E-state index in [2.05, 4.69) is 9.47 Å². The first-order valence-corrected chi connectivity index (χ1v) is 2.94. The van der Waals surface area contributed by atoms with Gasteiger partial charge in [-0.05, 0) is 0 Å². The maximum atomic E-state index is 10.5. The first kappa shape index (κ1) is 7.05. The van der Waals surface area contributed by atoms with Crippen LogP contribution in [0.2, 0.25) is 0 Å². The highest BCUT2D eigenvalue weighted by Gasteiger charge is 2.12. The van der Waals surface area contributed by atoms with Crippen molar-refractivity contribution in [2.45, 2.75) is 6.42 Å². The highest BCUT2D eigenvalue weighted by atomic mass is 16.6. The summed E-state index contributed by atoms with van der Waals surface area (Å²) in [6.07, 6.45) is 1.18. The number of carbonyl (C=O) groups is 2. The number of esters is 2. The van der Waals surface area contributed by atoms with Gasteiger partial charge in [0.05, 0.1) is 12.8 Å². The molecule has 0 unspecified atom stereocenters. The molecule has 4 heteroatoms. The topological polar surface area (TPSA) is 52.6 Å². The third kappa shape index (κ3) is 2.05. The fourth-order valence-electron chi connectivity index (χ4n) is 0.582. The largest absolute Gasteiger partial charge is 0.462 e. The minimum atomic E-state index is -0.448. The van der Waals surface area contributed by atoms with Crippen LogP contribution in [-0.4, -0.2) is 25.2 Å². The Labute approximate surface area is 58.1 Å². The molecule has 0 aromatic carbocycles. The Hall–Kier alpha value is -1.06. The van der Waals surface area contributed by atoms with Crippen molar-refractivity contribution in [1.29, 1.82) is 0 Å². The van der Waals surface area contributed by atoms with E-state index in [0.717, 1.165) is 0 Å². The summed E-state index contributed by atoms with van der Waals surface area (Å²) in [6, 6.07) is 0. The Bertz CT molecular complexity index is 134. The maximum Gasteiger partial charge on any atom is 0.310 e. The molecular weight excluding hydrogens is 136 g/mol. The summed E-state index contributed by atoms with van der Waals surface area (Å²) >= 11 is 0. The fourth-order valence-corrected chi connectivity index (χ4v) is 0.582. The lowest BCUT2D eigenvalue weighted by atomic mass is 10.3. The van der Waals surface area contributed by atoms with Crippen LogP contribution in [0.15, 0.2) is 0 Å². The van der Waals surface area contributed by atoms with Crippen LogP contribution < -0.4 is 0 Å². The van der Waals surface area contributed by atoms with Crippen molar-refractivity contribution in [3.63, 3.8) is 0 Å². The second-order valence-corrected chi connectivity index (χ2v) is 1.80. The molecule has 1 radical (unpaired) electrons. The summed E-state index contributed by atoms with van der Waals surface area (Å²) in [7, 11) is 0. The Morgan fingerprint density at radius 1 is 1.20 bits per heavy atom. The van der Waals surface area contributed by atoms with Crippen molar-refractivity contribution in [3.8, 4) is 0 Å². The van der Waals surface area contributed by atoms with Gasteiger partial charge in [0.15, 0.2) is 0 Å². The van der Waals surface area contributed by atoms with E-state index in [1.165, 1.54) is 6.42 Å². The molecule has 1 fully saturated rings. The number of hydrogen-bond acceptors (Lipinski definition) is 4. The van der Waals surface area contributed by atoms with Crippen LogP contribution in [0, 0.1) is 6.42 Å². The van der Waals surface area contributed by atoms with Crippen molar-refractivity contribution in [1.82, 2.24) is 0 Å². The fraction of sp³-hybridized carbons (Fsp3) is 0.500. The predicted octanol–water partition coefficient (Wildman–Crippen LogP) is -0.319. The average Bonchev–Trinajstić information content (AvgIpc) is 1.90. The lowest BCUT2D eigenvalue weighted by Crippen LogP contribution is -2.19. The molecule has 0 aliphatic carbocycles. The Morgan fingerprint density at radius 2 is 1.90 bits per heavy atom. The molecule has 0 bridgehead atoms. The van der Waals surface area contributed by atoms with Crippen molar-refractivity contribution < 1.29 is 19.1 Å². The third-order valence-corrected chi connectivity index (χ3v) is 1.03. The van der Waals surface area contributed by atoms with Gasteiger partial charge in [0.1, 0.15) is 13.2 Å². The van der Waals surface area contributed by atoms with Gasteiger partial charge in [-0.2, -0.15) is 0 Å². The molecule has 0 spiro atoms. The molecular formula is C6H7O4. The van der Waals surface area contributed by atoms with Crippen molar-refractivity contribution in [3.05, 3.63) is 6.42 Å². The molecule has 0 aromatic heterocycles. The zero-order valence-electron chi connectivity index (χ0n) is 5.33. The van der Waals surface area contributed by atoms with Crippen LogP contribution in [0.4, 0.5) is 0 Å². The zero-order chi connectivity index (χ0) is 7.40. The van der Waals surface area contributed by atoms with Gasteiger partial charge in [-0.3, -0.25) is 9.59 Å². The van der Waals surface area contributed by atoms with E-state index in [0.29, 0.717) is 0 Å². The highest BCUT2D eigenvalue weighted by molar-refractivity contribution is 5.85. The molecule has 0 atom stereocenters. The van der Waals surface area contributed by atoms with E-state index < -0.39 is 5.97 Å². The summed E-state index contributed by atoms with van der Waals surface area (Å²) < 4.78 is 9.14. The predicted molar refractivity (Wildman–Crippen MR) is 30.8 cm³/mol. The molecule has 1 aliphatic rings. The third-order valence-electron chi connectivity index (χ3n) is 1.03. The SMILES string of the molecule is O=C1[CH]CC(=O)OCCO1. The number of ether oxygens (including phenoxy) is 2. The summed E-state index contributed by atoms with van der Waals surface area (Å²) in [4.78, 5) is 21.0. The van der Waals surface area contributed by atoms with Crippen LogP contribution in [0.1, 0.15) is 6.42 Å². The molecule has 1 rings (SSSR count). The van der Waals surface area contributed by atoms with Crippen molar-refractivity contribution in [2.75, 3.05) is 13.2 Å². The quantitative estimate of drug-likeness (QED) is 0.436. The van der Waals surface area contributed by atoms with E-state index in [9.17, 15) is 9.59 Å². The monoisotopic (exact) mass is 143 g/mol. The van der Waals surface area contributed by atoms with Gasteiger partial charge in [0.25, 0.3) is 0 Å². The molecule has 4 nitrogen and oxygen atoms in total. The van der Waals surface area contributed by atoms with E-state index in [4.69, 9.17) is 0 Å². The molecule has 1 saturated heterocycles. The molecule has 55 valence electrons. The Balaban J connectivity index is 2.36. The molecule has 0 saturated carbocycles. The standard InChI is InChI=1S/C6H7O4/c7-5-1-2-6(8)10-4-3-9-5/h1H,2-4H2. The summed E-state index contributed by atoms with van der Waals surface area (Å²) in [6.45, 7) is 0.319. The van der Waals surface area contributed by atoms with Gasteiger partial charge in [0.2, 0.25) is 0 Å². The first-order chi connectivity index (χ1) is 4.79. The lowest BCUT2D eigenvalue weighted by molar-refractivity contribution is -0.154. The van der Waals surface area contributed by atoms with Crippen molar-refractivity contribution in [2.24, 2.45) is 0 Å². The van der Waals surface area contributed by atoms with Crippen LogP contribution in [-0.2, 0) is 19.1 Å². The minimum absolute atomic E-state index is 0.0127. The molecule has 0 N–H and O–H groups in total. The normalized spacial score (nSPS) is 20.4. The van der Waals surface area contributed by atoms with Gasteiger partial charge in [-0.25, -0.2) is 0 Å². The van der Waals surface area contributed by atoms with Crippen LogP contribution in [0.25, 0.3) is 0 Å². The molecule has 0 aromatic rings. The minimum Gasteiger partial charge on any atom is -0.462 e. The van der Waals surface area contributed by atoms with Gasteiger partial charge >= 0.3 is 11.9 Å². The molecule has 1 aliphatic heterocycles. The van der Waals surface area contributed by atoms with Crippen LogP contribution in [0.5, 0.6) is 0 Å². The van der Waals surface area contributed by atoms with Gasteiger partial charge in [-0.1, -0.05) is 0 Å². The summed E-state index contributed by atoms with van der Waals surface area (Å²) in [5.41, 5.74) is 0. The Morgan fingerprint density at radius 3 is 2.70 bits per heavy atom. The van der Waals surface area contributed by atoms with E-state index >= 15 is 0 Å². The summed E-state index contributed by atoms with van der Waals surface area (Å²) in [5, 5.41) is 0. The van der Waals surface area contributed by atoms with Crippen molar-refractivity contribution >= 4 is 11.9 Å². The first-order valence-electron chi connectivity index (χ1n) is 2.94. The van der Waals surface area contributed by atoms with Gasteiger partial charge in [-0.15, -0.1) is 0 Å². The number of carbonyl (C=O) groups excluding carboxylic acids is 2. The highest BCUT2D eigenvalue weighted by Crippen LogP contribution is 1.98. The molecule has 10 heavy (non-hydrogen) atoms. The van der Waals surface area contributed by atoms with Gasteiger partial charge in [0, 0.05) is 0 Å². The number of cyclic esters (lactones) is 2. The maximum absolute atomic E-state index is 10.5. The Kier molecular flexibility index (Phi) is 2.25. The second-order valence-electron chi connectivity index (χ2n) is 1.80. The van der Waals surface area contributed by atoms with Gasteiger partial charge < -0.3 is 9.47 Å². The zero-order valence-corrected chi connectivity index (χ0v) is 5.33. The molecule has 1 heterocycles. The number of rotatable bonds is 0.